The Morgan fingerprint density at radius 3 is 2.62 bits per heavy atom. The molecule has 0 spiro atoms. The van der Waals surface area contributed by atoms with Gasteiger partial charge in [-0.2, -0.15) is 5.26 Å². The Kier molecular flexibility index (Phi) is 3.56. The number of nitriles is 1. The van der Waals surface area contributed by atoms with Gasteiger partial charge in [-0.05, 0) is 42.9 Å². The number of benzene rings is 1. The zero-order valence-electron chi connectivity index (χ0n) is 9.32. The molecule has 16 heavy (non-hydrogen) atoms. The van der Waals surface area contributed by atoms with Crippen LogP contribution in [0, 0.1) is 11.3 Å². The zero-order valence-corrected chi connectivity index (χ0v) is 9.32. The van der Waals surface area contributed by atoms with Crippen LogP contribution in [-0.4, -0.2) is 0 Å². The summed E-state index contributed by atoms with van der Waals surface area (Å²) in [5, 5.41) is 9.18. The van der Waals surface area contributed by atoms with Gasteiger partial charge in [0.25, 0.3) is 0 Å². The molecule has 1 aliphatic carbocycles. The first kappa shape index (κ1) is 10.7. The van der Waals surface area contributed by atoms with Crippen molar-refractivity contribution in [2.45, 2.75) is 25.7 Å². The largest absolute Gasteiger partial charge is 0.192 e. The number of hydrogen-bond donors (Lipinski definition) is 0. The first-order valence-corrected chi connectivity index (χ1v) is 5.76. The maximum Gasteiger partial charge on any atom is 0.0994 e. The molecule has 0 atom stereocenters. The van der Waals surface area contributed by atoms with Gasteiger partial charge in [0, 0.05) is 0 Å². The van der Waals surface area contributed by atoms with Crippen LogP contribution >= 0.6 is 0 Å². The van der Waals surface area contributed by atoms with Crippen LogP contribution in [-0.2, 0) is 0 Å². The van der Waals surface area contributed by atoms with E-state index in [9.17, 15) is 5.26 Å². The maximum absolute atomic E-state index is 9.18. The maximum atomic E-state index is 9.18. The summed E-state index contributed by atoms with van der Waals surface area (Å²) in [6.07, 6.45) is 8.82. The third-order valence-electron chi connectivity index (χ3n) is 2.87. The van der Waals surface area contributed by atoms with E-state index in [1.807, 2.05) is 36.4 Å². The van der Waals surface area contributed by atoms with Crippen molar-refractivity contribution in [3.63, 3.8) is 0 Å². The van der Waals surface area contributed by atoms with Crippen molar-refractivity contribution in [1.29, 1.82) is 5.26 Å². The monoisotopic (exact) mass is 209 g/mol. The molecule has 1 nitrogen and oxygen atoms in total. The molecule has 1 aromatic rings. The number of hydrogen-bond acceptors (Lipinski definition) is 1. The Labute approximate surface area is 96.7 Å². The van der Waals surface area contributed by atoms with Crippen LogP contribution in [0.4, 0.5) is 0 Å². The molecular formula is C15H15N. The van der Waals surface area contributed by atoms with Crippen LogP contribution in [0.2, 0.25) is 0 Å². The fourth-order valence-corrected chi connectivity index (χ4v) is 2.00. The van der Waals surface area contributed by atoms with Gasteiger partial charge in [-0.3, -0.25) is 0 Å². The highest BCUT2D eigenvalue weighted by molar-refractivity contribution is 5.63. The van der Waals surface area contributed by atoms with Crippen molar-refractivity contribution in [1.82, 2.24) is 0 Å². The molecule has 0 saturated carbocycles. The summed E-state index contributed by atoms with van der Waals surface area (Å²) in [7, 11) is 0. The molecule has 0 unspecified atom stereocenters. The highest BCUT2D eigenvalue weighted by atomic mass is 14.3. The smallest absolute Gasteiger partial charge is 0.0994 e. The Hall–Kier alpha value is -1.81. The first-order chi connectivity index (χ1) is 7.90. The van der Waals surface area contributed by atoms with Gasteiger partial charge in [0.2, 0.25) is 0 Å². The summed E-state index contributed by atoms with van der Waals surface area (Å²) in [4.78, 5) is 0. The average Bonchev–Trinajstić information content (AvgIpc) is 2.38. The van der Waals surface area contributed by atoms with Crippen LogP contribution in [0.25, 0.3) is 6.08 Å². The van der Waals surface area contributed by atoms with E-state index >= 15 is 0 Å². The lowest BCUT2D eigenvalue weighted by Gasteiger charge is -2.11. The molecule has 1 aliphatic rings. The second kappa shape index (κ2) is 5.32. The van der Waals surface area contributed by atoms with Crippen molar-refractivity contribution in [3.8, 4) is 6.07 Å². The Morgan fingerprint density at radius 1 is 1.19 bits per heavy atom. The van der Waals surface area contributed by atoms with Crippen molar-refractivity contribution < 1.29 is 0 Å². The topological polar surface area (TPSA) is 23.8 Å². The molecule has 0 N–H and O–H groups in total. The third-order valence-corrected chi connectivity index (χ3v) is 2.87. The van der Waals surface area contributed by atoms with Crippen molar-refractivity contribution in [3.05, 3.63) is 53.1 Å². The Bertz CT molecular complexity index is 446. The predicted molar refractivity (Wildman–Crippen MR) is 66.6 cm³/mol. The first-order valence-electron chi connectivity index (χ1n) is 5.76. The molecule has 2 rings (SSSR count). The molecule has 1 aromatic carbocycles. The average molecular weight is 209 g/mol. The Balaban J connectivity index is 2.26. The van der Waals surface area contributed by atoms with Crippen molar-refractivity contribution in [2.24, 2.45) is 0 Å². The van der Waals surface area contributed by atoms with Gasteiger partial charge in [0.1, 0.15) is 0 Å². The molecule has 0 amide bonds. The second-order valence-electron chi connectivity index (χ2n) is 4.06. The van der Waals surface area contributed by atoms with Gasteiger partial charge in [-0.25, -0.2) is 0 Å². The fraction of sp³-hybridized carbons (Fsp3) is 0.267. The molecule has 0 aromatic heterocycles. The van der Waals surface area contributed by atoms with E-state index < -0.39 is 0 Å². The molecule has 0 radical (unpaired) electrons. The van der Waals surface area contributed by atoms with Crippen molar-refractivity contribution >= 4 is 6.08 Å². The summed E-state index contributed by atoms with van der Waals surface area (Å²) in [5.74, 6) is 0. The third kappa shape index (κ3) is 2.61. The Morgan fingerprint density at radius 2 is 2.00 bits per heavy atom. The van der Waals surface area contributed by atoms with Gasteiger partial charge in [0.05, 0.1) is 11.6 Å². The van der Waals surface area contributed by atoms with Crippen LogP contribution < -0.4 is 0 Å². The van der Waals surface area contributed by atoms with E-state index in [-0.39, 0.29) is 0 Å². The molecule has 0 saturated heterocycles. The van der Waals surface area contributed by atoms with Gasteiger partial charge in [-0.1, -0.05) is 36.4 Å². The quantitative estimate of drug-likeness (QED) is 0.673. The molecule has 0 bridgehead atoms. The molecular weight excluding hydrogens is 194 g/mol. The molecule has 80 valence electrons. The van der Waals surface area contributed by atoms with E-state index in [4.69, 9.17) is 0 Å². The van der Waals surface area contributed by atoms with Crippen LogP contribution in [0.5, 0.6) is 0 Å². The van der Waals surface area contributed by atoms with Gasteiger partial charge in [0.15, 0.2) is 0 Å². The zero-order chi connectivity index (χ0) is 11.2. The standard InChI is InChI=1S/C15H15N/c16-12-15(14-9-5-2-6-10-14)11-13-7-3-1-4-8-13/h1,3-4,7-9,11H,2,5-6,10H2. The SMILES string of the molecule is N#CC(=Cc1ccccc1)C1=CCCCC1. The highest BCUT2D eigenvalue weighted by Gasteiger charge is 2.08. The number of rotatable bonds is 2. The van der Waals surface area contributed by atoms with Crippen LogP contribution in [0.3, 0.4) is 0 Å². The van der Waals surface area contributed by atoms with Crippen LogP contribution in [0.15, 0.2) is 47.6 Å². The lowest BCUT2D eigenvalue weighted by atomic mass is 9.93. The fourth-order valence-electron chi connectivity index (χ4n) is 2.00. The minimum atomic E-state index is 0.825. The van der Waals surface area contributed by atoms with E-state index in [1.54, 1.807) is 0 Å². The minimum absolute atomic E-state index is 0.825. The van der Waals surface area contributed by atoms with Crippen molar-refractivity contribution in [2.75, 3.05) is 0 Å². The lowest BCUT2D eigenvalue weighted by Crippen LogP contribution is -1.94. The summed E-state index contributed by atoms with van der Waals surface area (Å²) in [5.41, 5.74) is 3.15. The van der Waals surface area contributed by atoms with E-state index in [0.29, 0.717) is 0 Å². The summed E-state index contributed by atoms with van der Waals surface area (Å²) >= 11 is 0. The number of allylic oxidation sites excluding steroid dienone is 3. The van der Waals surface area contributed by atoms with Crippen LogP contribution in [0.1, 0.15) is 31.2 Å². The molecule has 0 heterocycles. The summed E-state index contributed by atoms with van der Waals surface area (Å²) < 4.78 is 0. The summed E-state index contributed by atoms with van der Waals surface area (Å²) in [6, 6.07) is 12.4. The van der Waals surface area contributed by atoms with Gasteiger partial charge in [-0.15, -0.1) is 0 Å². The molecule has 1 heteroatoms. The number of nitrogens with zero attached hydrogens (tertiary/aromatic N) is 1. The molecule has 0 aliphatic heterocycles. The van der Waals surface area contributed by atoms with E-state index in [2.05, 4.69) is 12.1 Å². The predicted octanol–water partition coefficient (Wildman–Crippen LogP) is 4.09. The minimum Gasteiger partial charge on any atom is -0.192 e. The summed E-state index contributed by atoms with van der Waals surface area (Å²) in [6.45, 7) is 0. The molecule has 0 fully saturated rings. The second-order valence-corrected chi connectivity index (χ2v) is 4.06. The van der Waals surface area contributed by atoms with Gasteiger partial charge < -0.3 is 0 Å². The highest BCUT2D eigenvalue weighted by Crippen LogP contribution is 2.24. The normalized spacial score (nSPS) is 16.4. The van der Waals surface area contributed by atoms with Gasteiger partial charge >= 0.3 is 0 Å². The van der Waals surface area contributed by atoms with E-state index in [0.717, 1.165) is 24.0 Å². The van der Waals surface area contributed by atoms with E-state index in [1.165, 1.54) is 18.4 Å². The lowest BCUT2D eigenvalue weighted by molar-refractivity contribution is 0.709.